The standard InChI is InChI=1S/C22H30BrN3O3S/c1-3-29-14-8-13-26-21(28)18-15-17(23)9-10-19(18)24-22(26)30-16(2)20(27)25-11-6-4-5-7-12-25/h9-10,15-16H,3-8,11-14H2,1-2H3. The van der Waals surface area contributed by atoms with Crippen LogP contribution in [0.25, 0.3) is 10.9 Å². The zero-order valence-electron chi connectivity index (χ0n) is 17.7. The number of rotatable bonds is 8. The van der Waals surface area contributed by atoms with Crippen LogP contribution in [0.15, 0.2) is 32.6 Å². The topological polar surface area (TPSA) is 64.4 Å². The smallest absolute Gasteiger partial charge is 0.262 e. The zero-order valence-corrected chi connectivity index (χ0v) is 20.1. The minimum Gasteiger partial charge on any atom is -0.382 e. The van der Waals surface area contributed by atoms with E-state index in [0.717, 1.165) is 36.8 Å². The molecular weight excluding hydrogens is 466 g/mol. The lowest BCUT2D eigenvalue weighted by Crippen LogP contribution is -2.37. The Morgan fingerprint density at radius 2 is 2.00 bits per heavy atom. The van der Waals surface area contributed by atoms with Crippen LogP contribution >= 0.6 is 27.7 Å². The predicted octanol–water partition coefficient (Wildman–Crippen LogP) is 4.47. The Balaban J connectivity index is 1.87. The number of ether oxygens (including phenoxy) is 1. The van der Waals surface area contributed by atoms with Gasteiger partial charge in [-0.1, -0.05) is 40.5 Å². The molecule has 30 heavy (non-hydrogen) atoms. The molecule has 0 spiro atoms. The lowest BCUT2D eigenvalue weighted by molar-refractivity contribution is -0.130. The molecule has 164 valence electrons. The second-order valence-electron chi connectivity index (χ2n) is 7.56. The van der Waals surface area contributed by atoms with Crippen molar-refractivity contribution in [2.24, 2.45) is 0 Å². The molecule has 1 aromatic heterocycles. The second kappa shape index (κ2) is 11.3. The molecule has 0 saturated carbocycles. The fourth-order valence-corrected chi connectivity index (χ4v) is 5.07. The number of carbonyl (C=O) groups is 1. The maximum Gasteiger partial charge on any atom is 0.262 e. The number of amides is 1. The summed E-state index contributed by atoms with van der Waals surface area (Å²) in [7, 11) is 0. The number of thioether (sulfide) groups is 1. The molecule has 2 heterocycles. The monoisotopic (exact) mass is 495 g/mol. The quantitative estimate of drug-likeness (QED) is 0.307. The summed E-state index contributed by atoms with van der Waals surface area (Å²) in [6.07, 6.45) is 5.22. The van der Waals surface area contributed by atoms with E-state index in [0.29, 0.717) is 35.8 Å². The van der Waals surface area contributed by atoms with Crippen molar-refractivity contribution in [1.82, 2.24) is 14.5 Å². The van der Waals surface area contributed by atoms with Gasteiger partial charge in [0.1, 0.15) is 0 Å². The van der Waals surface area contributed by atoms with Crippen LogP contribution in [0.1, 0.15) is 46.0 Å². The second-order valence-corrected chi connectivity index (χ2v) is 9.79. The Kier molecular flexibility index (Phi) is 8.77. The van der Waals surface area contributed by atoms with Gasteiger partial charge in [0.05, 0.1) is 16.2 Å². The van der Waals surface area contributed by atoms with E-state index in [4.69, 9.17) is 9.72 Å². The van der Waals surface area contributed by atoms with Crippen LogP contribution in [0, 0.1) is 0 Å². The molecule has 1 aliphatic heterocycles. The van der Waals surface area contributed by atoms with Crippen molar-refractivity contribution in [3.63, 3.8) is 0 Å². The number of benzene rings is 1. The van der Waals surface area contributed by atoms with Crippen molar-refractivity contribution in [2.75, 3.05) is 26.3 Å². The van der Waals surface area contributed by atoms with Gasteiger partial charge < -0.3 is 9.64 Å². The summed E-state index contributed by atoms with van der Waals surface area (Å²) >= 11 is 4.83. The van der Waals surface area contributed by atoms with Gasteiger partial charge in [0.15, 0.2) is 5.16 Å². The number of aromatic nitrogens is 2. The van der Waals surface area contributed by atoms with Gasteiger partial charge in [-0.2, -0.15) is 0 Å². The molecule has 1 amide bonds. The first-order valence-corrected chi connectivity index (χ1v) is 12.4. The number of nitrogens with zero attached hydrogens (tertiary/aromatic N) is 3. The highest BCUT2D eigenvalue weighted by atomic mass is 79.9. The summed E-state index contributed by atoms with van der Waals surface area (Å²) in [5.41, 5.74) is 0.580. The first-order chi connectivity index (χ1) is 14.5. The van der Waals surface area contributed by atoms with E-state index in [9.17, 15) is 9.59 Å². The van der Waals surface area contributed by atoms with E-state index in [1.54, 1.807) is 4.57 Å². The summed E-state index contributed by atoms with van der Waals surface area (Å²) in [5, 5.41) is 0.889. The van der Waals surface area contributed by atoms with Crippen LogP contribution in [0.4, 0.5) is 0 Å². The number of hydrogen-bond donors (Lipinski definition) is 0. The van der Waals surface area contributed by atoms with Gasteiger partial charge >= 0.3 is 0 Å². The van der Waals surface area contributed by atoms with Gasteiger partial charge in [-0.05, 0) is 51.3 Å². The molecule has 1 atom stereocenters. The van der Waals surface area contributed by atoms with Gasteiger partial charge in [0.2, 0.25) is 5.91 Å². The van der Waals surface area contributed by atoms with Gasteiger partial charge in [-0.25, -0.2) is 4.98 Å². The molecule has 0 radical (unpaired) electrons. The highest BCUT2D eigenvalue weighted by Gasteiger charge is 2.24. The number of halogens is 1. The van der Waals surface area contributed by atoms with Gasteiger partial charge in [-0.3, -0.25) is 14.2 Å². The SMILES string of the molecule is CCOCCCn1c(SC(C)C(=O)N2CCCCCC2)nc2ccc(Br)cc2c1=O. The number of likely N-dealkylation sites (tertiary alicyclic amines) is 1. The average molecular weight is 496 g/mol. The number of carbonyl (C=O) groups excluding carboxylic acids is 1. The number of fused-ring (bicyclic) bond motifs is 1. The van der Waals surface area contributed by atoms with E-state index >= 15 is 0 Å². The lowest BCUT2D eigenvalue weighted by Gasteiger charge is -2.24. The minimum atomic E-state index is -0.291. The van der Waals surface area contributed by atoms with Crippen molar-refractivity contribution >= 4 is 44.5 Å². The largest absolute Gasteiger partial charge is 0.382 e. The van der Waals surface area contributed by atoms with Gasteiger partial charge in [-0.15, -0.1) is 0 Å². The van der Waals surface area contributed by atoms with E-state index in [1.165, 1.54) is 24.6 Å². The predicted molar refractivity (Wildman–Crippen MR) is 125 cm³/mol. The maximum atomic E-state index is 13.2. The fraction of sp³-hybridized carbons (Fsp3) is 0.591. The molecule has 6 nitrogen and oxygen atoms in total. The van der Waals surface area contributed by atoms with Crippen LogP contribution in [-0.2, 0) is 16.1 Å². The lowest BCUT2D eigenvalue weighted by atomic mass is 10.2. The molecule has 1 aliphatic rings. The maximum absolute atomic E-state index is 13.2. The fourth-order valence-electron chi connectivity index (χ4n) is 3.69. The molecule has 0 bridgehead atoms. The summed E-state index contributed by atoms with van der Waals surface area (Å²) in [6.45, 7) is 7.28. The molecular formula is C22H30BrN3O3S. The third-order valence-electron chi connectivity index (χ3n) is 5.30. The van der Waals surface area contributed by atoms with Crippen LogP contribution in [-0.4, -0.2) is 51.9 Å². The average Bonchev–Trinajstić information content (AvgIpc) is 3.02. The normalized spacial score (nSPS) is 15.9. The highest BCUT2D eigenvalue weighted by molar-refractivity contribution is 9.10. The van der Waals surface area contributed by atoms with Crippen molar-refractivity contribution in [2.45, 2.75) is 62.9 Å². The molecule has 1 saturated heterocycles. The molecule has 1 aromatic carbocycles. The van der Waals surface area contributed by atoms with Crippen LogP contribution in [0.3, 0.4) is 0 Å². The van der Waals surface area contributed by atoms with Crippen molar-refractivity contribution in [1.29, 1.82) is 0 Å². The van der Waals surface area contributed by atoms with E-state index in [1.807, 2.05) is 36.9 Å². The third kappa shape index (κ3) is 5.86. The first-order valence-electron chi connectivity index (χ1n) is 10.7. The highest BCUT2D eigenvalue weighted by Crippen LogP contribution is 2.26. The summed E-state index contributed by atoms with van der Waals surface area (Å²) in [6, 6.07) is 5.54. The third-order valence-corrected chi connectivity index (χ3v) is 6.87. The molecule has 8 heteroatoms. The van der Waals surface area contributed by atoms with E-state index in [-0.39, 0.29) is 16.7 Å². The Morgan fingerprint density at radius 3 is 2.70 bits per heavy atom. The van der Waals surface area contributed by atoms with Crippen molar-refractivity contribution in [3.8, 4) is 0 Å². The van der Waals surface area contributed by atoms with E-state index in [2.05, 4.69) is 15.9 Å². The van der Waals surface area contributed by atoms with Crippen molar-refractivity contribution < 1.29 is 9.53 Å². The Morgan fingerprint density at radius 1 is 1.27 bits per heavy atom. The molecule has 2 aromatic rings. The Hall–Kier alpha value is -1.38. The zero-order chi connectivity index (χ0) is 21.5. The van der Waals surface area contributed by atoms with Crippen LogP contribution in [0.5, 0.6) is 0 Å². The van der Waals surface area contributed by atoms with E-state index < -0.39 is 0 Å². The molecule has 0 aliphatic carbocycles. The van der Waals surface area contributed by atoms with Gasteiger partial charge in [0.25, 0.3) is 5.56 Å². The molecule has 0 N–H and O–H groups in total. The first kappa shape index (κ1) is 23.3. The Labute approximate surface area is 190 Å². The Bertz CT molecular complexity index is 926. The number of hydrogen-bond acceptors (Lipinski definition) is 5. The van der Waals surface area contributed by atoms with Crippen LogP contribution < -0.4 is 5.56 Å². The van der Waals surface area contributed by atoms with Crippen LogP contribution in [0.2, 0.25) is 0 Å². The summed E-state index contributed by atoms with van der Waals surface area (Å²) < 4.78 is 7.99. The van der Waals surface area contributed by atoms with Gasteiger partial charge in [0, 0.05) is 37.3 Å². The molecule has 1 unspecified atom stereocenters. The van der Waals surface area contributed by atoms with Crippen molar-refractivity contribution in [3.05, 3.63) is 33.0 Å². The summed E-state index contributed by atoms with van der Waals surface area (Å²) in [5.74, 6) is 0.132. The molecule has 1 fully saturated rings. The summed E-state index contributed by atoms with van der Waals surface area (Å²) in [4.78, 5) is 33.0. The molecule has 3 rings (SSSR count). The minimum absolute atomic E-state index is 0.0743.